The summed E-state index contributed by atoms with van der Waals surface area (Å²) in [6.45, 7) is 10.9. The molecule has 0 radical (unpaired) electrons. The number of morpholine rings is 1. The van der Waals surface area contributed by atoms with Gasteiger partial charge < -0.3 is 14.8 Å². The van der Waals surface area contributed by atoms with Crippen LogP contribution in [0.5, 0.6) is 0 Å². The molecule has 4 nitrogen and oxygen atoms in total. The first-order valence-electron chi connectivity index (χ1n) is 6.02. The van der Waals surface area contributed by atoms with Crippen molar-refractivity contribution in [1.29, 1.82) is 0 Å². The molecule has 0 aromatic carbocycles. The molecule has 0 aromatic heterocycles. The fourth-order valence-corrected chi connectivity index (χ4v) is 1.58. The minimum atomic E-state index is 0.830. The van der Waals surface area contributed by atoms with Crippen LogP contribution < -0.4 is 5.32 Å². The predicted octanol–water partition coefficient (Wildman–Crippen LogP) is 0.335. The Morgan fingerprint density at radius 3 is 2.73 bits per heavy atom. The maximum absolute atomic E-state index is 5.38. The third-order valence-electron chi connectivity index (χ3n) is 2.48. The number of rotatable bonds is 8. The third kappa shape index (κ3) is 6.84. The highest BCUT2D eigenvalue weighted by Gasteiger charge is 2.08. The van der Waals surface area contributed by atoms with Crippen molar-refractivity contribution >= 4 is 0 Å². The van der Waals surface area contributed by atoms with Gasteiger partial charge in [-0.05, 0) is 6.42 Å². The van der Waals surface area contributed by atoms with Crippen LogP contribution in [0, 0.1) is 0 Å². The van der Waals surface area contributed by atoms with Crippen LogP contribution in [0.2, 0.25) is 0 Å². The van der Waals surface area contributed by atoms with Gasteiger partial charge in [0.25, 0.3) is 0 Å². The predicted molar refractivity (Wildman–Crippen MR) is 61.2 cm³/mol. The summed E-state index contributed by atoms with van der Waals surface area (Å²) < 4.78 is 10.7. The van der Waals surface area contributed by atoms with Crippen molar-refractivity contribution in [3.05, 3.63) is 0 Å². The van der Waals surface area contributed by atoms with E-state index in [-0.39, 0.29) is 0 Å². The van der Waals surface area contributed by atoms with Crippen LogP contribution in [-0.4, -0.2) is 64.1 Å². The van der Waals surface area contributed by atoms with Crippen LogP contribution in [0.15, 0.2) is 0 Å². The zero-order chi connectivity index (χ0) is 10.8. The van der Waals surface area contributed by atoms with Gasteiger partial charge in [0.15, 0.2) is 0 Å². The molecule has 0 aliphatic carbocycles. The van der Waals surface area contributed by atoms with Crippen molar-refractivity contribution in [3.8, 4) is 0 Å². The molecule has 1 aliphatic rings. The van der Waals surface area contributed by atoms with E-state index in [1.807, 2.05) is 0 Å². The topological polar surface area (TPSA) is 33.7 Å². The first-order chi connectivity index (χ1) is 7.43. The van der Waals surface area contributed by atoms with Gasteiger partial charge in [-0.25, -0.2) is 0 Å². The number of hydrogen-bond donors (Lipinski definition) is 1. The Balaban J connectivity index is 1.79. The molecule has 0 unspecified atom stereocenters. The molecule has 0 atom stereocenters. The number of ether oxygens (including phenoxy) is 2. The Hall–Kier alpha value is -0.160. The Morgan fingerprint density at radius 1 is 1.20 bits per heavy atom. The van der Waals surface area contributed by atoms with Gasteiger partial charge in [-0.15, -0.1) is 0 Å². The van der Waals surface area contributed by atoms with Gasteiger partial charge >= 0.3 is 0 Å². The van der Waals surface area contributed by atoms with Crippen molar-refractivity contribution in [1.82, 2.24) is 10.2 Å². The lowest BCUT2D eigenvalue weighted by Gasteiger charge is -2.26. The van der Waals surface area contributed by atoms with Crippen molar-refractivity contribution < 1.29 is 9.47 Å². The van der Waals surface area contributed by atoms with Gasteiger partial charge in [-0.1, -0.05) is 6.92 Å². The van der Waals surface area contributed by atoms with Gasteiger partial charge in [-0.3, -0.25) is 4.90 Å². The van der Waals surface area contributed by atoms with E-state index in [9.17, 15) is 0 Å². The van der Waals surface area contributed by atoms with E-state index in [2.05, 4.69) is 17.1 Å². The average molecular weight is 216 g/mol. The average Bonchev–Trinajstić information content (AvgIpc) is 2.29. The van der Waals surface area contributed by atoms with E-state index >= 15 is 0 Å². The largest absolute Gasteiger partial charge is 0.380 e. The van der Waals surface area contributed by atoms with Crippen molar-refractivity contribution in [2.24, 2.45) is 0 Å². The molecule has 0 spiro atoms. The Bertz CT molecular complexity index is 139. The van der Waals surface area contributed by atoms with Crippen LogP contribution >= 0.6 is 0 Å². The summed E-state index contributed by atoms with van der Waals surface area (Å²) in [5.41, 5.74) is 0. The van der Waals surface area contributed by atoms with Crippen LogP contribution in [-0.2, 0) is 9.47 Å². The van der Waals surface area contributed by atoms with Gasteiger partial charge in [-0.2, -0.15) is 0 Å². The molecule has 1 aliphatic heterocycles. The first kappa shape index (κ1) is 12.9. The number of hydrogen-bond acceptors (Lipinski definition) is 4. The summed E-state index contributed by atoms with van der Waals surface area (Å²) in [5.74, 6) is 0. The molecular weight excluding hydrogens is 192 g/mol. The van der Waals surface area contributed by atoms with E-state index < -0.39 is 0 Å². The van der Waals surface area contributed by atoms with Crippen LogP contribution in [0.25, 0.3) is 0 Å². The molecule has 1 N–H and O–H groups in total. The molecule has 4 heteroatoms. The van der Waals surface area contributed by atoms with E-state index in [0.29, 0.717) is 0 Å². The quantitative estimate of drug-likeness (QED) is 0.593. The smallest absolute Gasteiger partial charge is 0.0594 e. The molecule has 15 heavy (non-hydrogen) atoms. The highest BCUT2D eigenvalue weighted by molar-refractivity contribution is 4.62. The zero-order valence-electron chi connectivity index (χ0n) is 9.83. The van der Waals surface area contributed by atoms with Crippen molar-refractivity contribution in [3.63, 3.8) is 0 Å². The fraction of sp³-hybridized carbons (Fsp3) is 1.00. The number of nitrogens with one attached hydrogen (secondary N) is 1. The molecule has 0 aromatic rings. The summed E-state index contributed by atoms with van der Waals surface area (Å²) in [6.07, 6.45) is 1.10. The second-order valence-electron chi connectivity index (χ2n) is 3.82. The lowest BCUT2D eigenvalue weighted by molar-refractivity contribution is 0.0381. The van der Waals surface area contributed by atoms with E-state index in [4.69, 9.17) is 9.47 Å². The standard InChI is InChI=1S/C11H24N2O2/c1-2-8-14-9-4-12-3-5-13-6-10-15-11-7-13/h12H,2-11H2,1H3. The van der Waals surface area contributed by atoms with E-state index in [1.165, 1.54) is 0 Å². The lowest BCUT2D eigenvalue weighted by Crippen LogP contribution is -2.40. The molecule has 0 amide bonds. The maximum Gasteiger partial charge on any atom is 0.0594 e. The van der Waals surface area contributed by atoms with Gasteiger partial charge in [0.2, 0.25) is 0 Å². The normalized spacial score (nSPS) is 18.2. The SMILES string of the molecule is CCCOCCNCCN1CCOCC1. The molecule has 1 saturated heterocycles. The molecule has 1 rings (SSSR count). The van der Waals surface area contributed by atoms with E-state index in [0.717, 1.165) is 65.6 Å². The Labute approximate surface area is 92.9 Å². The Kier molecular flexibility index (Phi) is 7.83. The second kappa shape index (κ2) is 9.09. The summed E-state index contributed by atoms with van der Waals surface area (Å²) in [4.78, 5) is 2.43. The molecule has 90 valence electrons. The van der Waals surface area contributed by atoms with Gasteiger partial charge in [0.05, 0.1) is 19.8 Å². The van der Waals surface area contributed by atoms with Gasteiger partial charge in [0.1, 0.15) is 0 Å². The first-order valence-corrected chi connectivity index (χ1v) is 6.02. The minimum absolute atomic E-state index is 0.830. The highest BCUT2D eigenvalue weighted by Crippen LogP contribution is 1.94. The zero-order valence-corrected chi connectivity index (χ0v) is 9.83. The monoisotopic (exact) mass is 216 g/mol. The Morgan fingerprint density at radius 2 is 2.00 bits per heavy atom. The molecular formula is C11H24N2O2. The van der Waals surface area contributed by atoms with Crippen LogP contribution in [0.4, 0.5) is 0 Å². The second-order valence-corrected chi connectivity index (χ2v) is 3.82. The van der Waals surface area contributed by atoms with Crippen molar-refractivity contribution in [2.45, 2.75) is 13.3 Å². The van der Waals surface area contributed by atoms with E-state index in [1.54, 1.807) is 0 Å². The van der Waals surface area contributed by atoms with Gasteiger partial charge in [0, 0.05) is 39.3 Å². The summed E-state index contributed by atoms with van der Waals surface area (Å²) in [5, 5.41) is 3.38. The maximum atomic E-state index is 5.38. The summed E-state index contributed by atoms with van der Waals surface area (Å²) >= 11 is 0. The third-order valence-corrected chi connectivity index (χ3v) is 2.48. The van der Waals surface area contributed by atoms with Crippen LogP contribution in [0.1, 0.15) is 13.3 Å². The number of nitrogens with zero attached hydrogens (tertiary/aromatic N) is 1. The highest BCUT2D eigenvalue weighted by atomic mass is 16.5. The lowest BCUT2D eigenvalue weighted by atomic mass is 10.4. The summed E-state index contributed by atoms with van der Waals surface area (Å²) in [7, 11) is 0. The molecule has 0 bridgehead atoms. The fourth-order valence-electron chi connectivity index (χ4n) is 1.58. The van der Waals surface area contributed by atoms with Crippen molar-refractivity contribution in [2.75, 3.05) is 59.2 Å². The van der Waals surface area contributed by atoms with Crippen LogP contribution in [0.3, 0.4) is 0 Å². The molecule has 0 saturated carbocycles. The summed E-state index contributed by atoms with van der Waals surface area (Å²) in [6, 6.07) is 0. The minimum Gasteiger partial charge on any atom is -0.380 e. The molecule has 1 heterocycles. The molecule has 1 fully saturated rings.